The van der Waals surface area contributed by atoms with Gasteiger partial charge in [-0.3, -0.25) is 9.78 Å². The van der Waals surface area contributed by atoms with Gasteiger partial charge in [-0.25, -0.2) is 4.39 Å². The Labute approximate surface area is 122 Å². The number of aromatic nitrogens is 1. The molecule has 1 N–H and O–H groups in total. The molecule has 0 fully saturated rings. The Morgan fingerprint density at radius 2 is 2.00 bits per heavy atom. The summed E-state index contributed by atoms with van der Waals surface area (Å²) in [6.07, 6.45) is 0. The van der Waals surface area contributed by atoms with E-state index in [-0.39, 0.29) is 11.5 Å². The molecule has 0 bridgehead atoms. The predicted molar refractivity (Wildman–Crippen MR) is 77.6 cm³/mol. The summed E-state index contributed by atoms with van der Waals surface area (Å²) in [6, 6.07) is 7.43. The maximum atomic E-state index is 13.0. The molecule has 0 aliphatic rings. The zero-order chi connectivity index (χ0) is 15.6. The highest BCUT2D eigenvalue weighted by molar-refractivity contribution is 5.94. The number of benzene rings is 1. The molecule has 0 atom stereocenters. The van der Waals surface area contributed by atoms with Crippen LogP contribution in [0.4, 0.5) is 4.39 Å². The molecule has 0 unspecified atom stereocenters. The smallest absolute Gasteiger partial charge is 0.254 e. The number of hydrogen-bond donors (Lipinski definition) is 1. The molecule has 5 heteroatoms. The second-order valence-electron chi connectivity index (χ2n) is 5.10. The molecule has 0 radical (unpaired) electrons. The number of nitrogens with zero attached hydrogens (tertiary/aromatic N) is 2. The summed E-state index contributed by atoms with van der Waals surface area (Å²) in [7, 11) is 1.64. The van der Waals surface area contributed by atoms with Crippen LogP contribution in [0.3, 0.4) is 0 Å². The van der Waals surface area contributed by atoms with Crippen LogP contribution in [0, 0.1) is 19.7 Å². The van der Waals surface area contributed by atoms with Crippen LogP contribution >= 0.6 is 0 Å². The van der Waals surface area contributed by atoms with Crippen molar-refractivity contribution in [2.24, 2.45) is 0 Å². The van der Waals surface area contributed by atoms with Crippen LogP contribution in [0.15, 0.2) is 30.3 Å². The summed E-state index contributed by atoms with van der Waals surface area (Å²) >= 11 is 0. The summed E-state index contributed by atoms with van der Waals surface area (Å²) in [6.45, 7) is 4.22. The average molecular weight is 288 g/mol. The molecular weight excluding hydrogens is 271 g/mol. The molecule has 21 heavy (non-hydrogen) atoms. The van der Waals surface area contributed by atoms with Gasteiger partial charge in [0.15, 0.2) is 11.6 Å². The van der Waals surface area contributed by atoms with Gasteiger partial charge in [-0.1, -0.05) is 0 Å². The molecule has 2 aromatic rings. The van der Waals surface area contributed by atoms with Crippen molar-refractivity contribution >= 4 is 5.91 Å². The number of aryl methyl sites for hydroxylation is 2. The SMILES string of the molecule is Cc1cc(C)nc(CN(C)C(=O)c2ccc(F)c(O)c2)c1. The van der Waals surface area contributed by atoms with E-state index in [0.717, 1.165) is 29.1 Å². The number of carbonyl (C=O) groups is 1. The first kappa shape index (κ1) is 15.0. The molecule has 0 aliphatic carbocycles. The molecular formula is C16H17FN2O2. The van der Waals surface area contributed by atoms with Gasteiger partial charge in [0.1, 0.15) is 0 Å². The summed E-state index contributed by atoms with van der Waals surface area (Å²) in [4.78, 5) is 18.1. The van der Waals surface area contributed by atoms with Gasteiger partial charge in [0.2, 0.25) is 0 Å². The zero-order valence-corrected chi connectivity index (χ0v) is 12.2. The number of amides is 1. The highest BCUT2D eigenvalue weighted by atomic mass is 19.1. The fraction of sp³-hybridized carbons (Fsp3) is 0.250. The quantitative estimate of drug-likeness (QED) is 0.945. The van der Waals surface area contributed by atoms with E-state index in [9.17, 15) is 14.3 Å². The van der Waals surface area contributed by atoms with Crippen molar-refractivity contribution in [1.82, 2.24) is 9.88 Å². The molecule has 1 aromatic heterocycles. The Bertz CT molecular complexity index is 666. The van der Waals surface area contributed by atoms with E-state index in [4.69, 9.17) is 0 Å². The Kier molecular flexibility index (Phi) is 4.21. The van der Waals surface area contributed by atoms with Crippen molar-refractivity contribution in [3.63, 3.8) is 0 Å². The van der Waals surface area contributed by atoms with Crippen LogP contribution < -0.4 is 0 Å². The van der Waals surface area contributed by atoms with Crippen molar-refractivity contribution in [3.8, 4) is 5.75 Å². The molecule has 0 spiro atoms. The third-order valence-electron chi connectivity index (χ3n) is 3.09. The summed E-state index contributed by atoms with van der Waals surface area (Å²) in [5.74, 6) is -1.57. The van der Waals surface area contributed by atoms with Crippen LogP contribution in [0.5, 0.6) is 5.75 Å². The molecule has 110 valence electrons. The van der Waals surface area contributed by atoms with E-state index in [1.807, 2.05) is 26.0 Å². The minimum absolute atomic E-state index is 0.237. The van der Waals surface area contributed by atoms with E-state index in [1.165, 1.54) is 11.0 Å². The number of aromatic hydroxyl groups is 1. The Balaban J connectivity index is 2.17. The standard InChI is InChI=1S/C16H17FN2O2/c1-10-6-11(2)18-13(7-10)9-19(3)16(21)12-4-5-14(17)15(20)8-12/h4-8,20H,9H2,1-3H3. The number of rotatable bonds is 3. The third kappa shape index (κ3) is 3.56. The Morgan fingerprint density at radius 1 is 1.29 bits per heavy atom. The topological polar surface area (TPSA) is 53.4 Å². The van der Waals surface area contributed by atoms with Gasteiger partial charge in [-0.15, -0.1) is 0 Å². The van der Waals surface area contributed by atoms with Crippen molar-refractivity contribution in [3.05, 3.63) is 58.7 Å². The third-order valence-corrected chi connectivity index (χ3v) is 3.09. The fourth-order valence-electron chi connectivity index (χ4n) is 2.19. The van der Waals surface area contributed by atoms with Gasteiger partial charge in [0, 0.05) is 18.3 Å². The highest BCUT2D eigenvalue weighted by Gasteiger charge is 2.14. The molecule has 1 amide bonds. The van der Waals surface area contributed by atoms with E-state index in [2.05, 4.69) is 4.98 Å². The van der Waals surface area contributed by atoms with Gasteiger partial charge >= 0.3 is 0 Å². The number of phenols is 1. The first-order valence-electron chi connectivity index (χ1n) is 6.55. The largest absolute Gasteiger partial charge is 0.505 e. The number of phenolic OH excluding ortho intramolecular Hbond substituents is 1. The maximum Gasteiger partial charge on any atom is 0.254 e. The van der Waals surface area contributed by atoms with Crippen LogP contribution in [-0.4, -0.2) is 27.9 Å². The van der Waals surface area contributed by atoms with Gasteiger partial charge in [0.25, 0.3) is 5.91 Å². The van der Waals surface area contributed by atoms with E-state index < -0.39 is 11.6 Å². The minimum atomic E-state index is -0.745. The van der Waals surface area contributed by atoms with Crippen LogP contribution in [0.1, 0.15) is 27.3 Å². The first-order valence-corrected chi connectivity index (χ1v) is 6.55. The Morgan fingerprint density at radius 3 is 2.62 bits per heavy atom. The van der Waals surface area contributed by atoms with Gasteiger partial charge in [-0.05, 0) is 49.7 Å². The van der Waals surface area contributed by atoms with Gasteiger partial charge in [-0.2, -0.15) is 0 Å². The van der Waals surface area contributed by atoms with E-state index >= 15 is 0 Å². The lowest BCUT2D eigenvalue weighted by molar-refractivity contribution is 0.0783. The molecule has 4 nitrogen and oxygen atoms in total. The Hall–Kier alpha value is -2.43. The normalized spacial score (nSPS) is 10.5. The highest BCUT2D eigenvalue weighted by Crippen LogP contribution is 2.18. The molecule has 1 aromatic carbocycles. The molecule has 1 heterocycles. The van der Waals surface area contributed by atoms with Crippen LogP contribution in [0.25, 0.3) is 0 Å². The van der Waals surface area contributed by atoms with E-state index in [1.54, 1.807) is 7.05 Å². The fourth-order valence-corrected chi connectivity index (χ4v) is 2.19. The molecule has 2 rings (SSSR count). The van der Waals surface area contributed by atoms with Gasteiger partial charge in [0.05, 0.1) is 12.2 Å². The summed E-state index contributed by atoms with van der Waals surface area (Å²) < 4.78 is 13.0. The lowest BCUT2D eigenvalue weighted by Gasteiger charge is -2.17. The van der Waals surface area contributed by atoms with E-state index in [0.29, 0.717) is 6.54 Å². The van der Waals surface area contributed by atoms with Crippen molar-refractivity contribution in [2.75, 3.05) is 7.05 Å². The first-order chi connectivity index (χ1) is 9.86. The second kappa shape index (κ2) is 5.91. The van der Waals surface area contributed by atoms with Crippen molar-refractivity contribution in [2.45, 2.75) is 20.4 Å². The van der Waals surface area contributed by atoms with Crippen LogP contribution in [-0.2, 0) is 6.54 Å². The van der Waals surface area contributed by atoms with Crippen LogP contribution in [0.2, 0.25) is 0 Å². The van der Waals surface area contributed by atoms with Crippen molar-refractivity contribution in [1.29, 1.82) is 0 Å². The molecule has 0 saturated carbocycles. The molecule has 0 saturated heterocycles. The lowest BCUT2D eigenvalue weighted by Crippen LogP contribution is -2.26. The second-order valence-corrected chi connectivity index (χ2v) is 5.10. The monoisotopic (exact) mass is 288 g/mol. The van der Waals surface area contributed by atoms with Gasteiger partial charge < -0.3 is 10.0 Å². The summed E-state index contributed by atoms with van der Waals surface area (Å²) in [5.41, 5.74) is 3.00. The zero-order valence-electron chi connectivity index (χ0n) is 12.2. The number of hydrogen-bond acceptors (Lipinski definition) is 3. The minimum Gasteiger partial charge on any atom is -0.505 e. The maximum absolute atomic E-state index is 13.0. The number of halogens is 1. The predicted octanol–water partition coefficient (Wildman–Crippen LogP) is 2.82. The number of pyridine rings is 1. The summed E-state index contributed by atoms with van der Waals surface area (Å²) in [5, 5.41) is 9.34. The van der Waals surface area contributed by atoms with Crippen molar-refractivity contribution < 1.29 is 14.3 Å². The average Bonchev–Trinajstić information content (AvgIpc) is 2.39. The molecule has 0 aliphatic heterocycles. The number of carbonyl (C=O) groups excluding carboxylic acids is 1. The lowest BCUT2D eigenvalue weighted by atomic mass is 10.1.